The molecule has 3 heteroatoms. The first-order valence-corrected chi connectivity index (χ1v) is 7.32. The Morgan fingerprint density at radius 1 is 1.16 bits per heavy atom. The lowest BCUT2D eigenvalue weighted by atomic mass is 9.98. The lowest BCUT2D eigenvalue weighted by Crippen LogP contribution is -2.22. The summed E-state index contributed by atoms with van der Waals surface area (Å²) in [5.74, 6) is 0. The minimum absolute atomic E-state index is 0.189. The smallest absolute Gasteiger partial charge is 0.0592 e. The van der Waals surface area contributed by atoms with Gasteiger partial charge in [0, 0.05) is 16.9 Å². The van der Waals surface area contributed by atoms with E-state index in [9.17, 15) is 0 Å². The molecule has 1 unspecified atom stereocenters. The quantitative estimate of drug-likeness (QED) is 0.915. The highest BCUT2D eigenvalue weighted by atomic mass is 79.9. The Morgan fingerprint density at radius 2 is 1.95 bits per heavy atom. The van der Waals surface area contributed by atoms with Crippen LogP contribution in [0.15, 0.2) is 41.1 Å². The predicted molar refractivity (Wildman–Crippen MR) is 83.4 cm³/mol. The number of pyridine rings is 1. The van der Waals surface area contributed by atoms with E-state index in [1.807, 2.05) is 12.4 Å². The molecule has 2 aromatic rings. The number of aromatic nitrogens is 1. The Balaban J connectivity index is 2.42. The van der Waals surface area contributed by atoms with E-state index in [0.29, 0.717) is 0 Å². The molecule has 0 spiro atoms. The van der Waals surface area contributed by atoms with E-state index in [2.05, 4.69) is 71.3 Å². The number of benzene rings is 1. The Bertz CT molecular complexity index is 566. The van der Waals surface area contributed by atoms with E-state index in [4.69, 9.17) is 0 Å². The van der Waals surface area contributed by atoms with Crippen LogP contribution in [0.1, 0.15) is 35.2 Å². The molecule has 0 radical (unpaired) electrons. The van der Waals surface area contributed by atoms with Crippen LogP contribution >= 0.6 is 15.9 Å². The molecule has 1 atom stereocenters. The number of aryl methyl sites for hydroxylation is 2. The van der Waals surface area contributed by atoms with Crippen molar-refractivity contribution in [1.29, 1.82) is 0 Å². The molecule has 0 aliphatic carbocycles. The molecule has 0 saturated heterocycles. The van der Waals surface area contributed by atoms with Crippen molar-refractivity contribution < 1.29 is 0 Å². The van der Waals surface area contributed by atoms with Crippen LogP contribution in [0.25, 0.3) is 0 Å². The van der Waals surface area contributed by atoms with Gasteiger partial charge in [-0.15, -0.1) is 0 Å². The highest BCUT2D eigenvalue weighted by Gasteiger charge is 2.14. The molecule has 1 N–H and O–H groups in total. The Morgan fingerprint density at radius 3 is 2.58 bits per heavy atom. The van der Waals surface area contributed by atoms with Gasteiger partial charge in [-0.25, -0.2) is 0 Å². The fourth-order valence-corrected chi connectivity index (χ4v) is 2.55. The van der Waals surface area contributed by atoms with Crippen LogP contribution in [-0.4, -0.2) is 11.5 Å². The van der Waals surface area contributed by atoms with Crippen LogP contribution in [-0.2, 0) is 0 Å². The standard InChI is InChI=1S/C16H19BrN2/c1-4-19-16(14-7-11(2)9-18-10-14)13-6-5-12(3)15(17)8-13/h5-10,16,19H,4H2,1-3H3. The minimum atomic E-state index is 0.189. The number of nitrogens with one attached hydrogen (secondary N) is 1. The molecule has 1 heterocycles. The van der Waals surface area contributed by atoms with Crippen molar-refractivity contribution in [2.45, 2.75) is 26.8 Å². The molecular weight excluding hydrogens is 300 g/mol. The predicted octanol–water partition coefficient (Wildman–Crippen LogP) is 4.16. The van der Waals surface area contributed by atoms with Crippen LogP contribution < -0.4 is 5.32 Å². The summed E-state index contributed by atoms with van der Waals surface area (Å²) in [7, 11) is 0. The van der Waals surface area contributed by atoms with Gasteiger partial charge >= 0.3 is 0 Å². The van der Waals surface area contributed by atoms with E-state index >= 15 is 0 Å². The van der Waals surface area contributed by atoms with Crippen molar-refractivity contribution in [3.63, 3.8) is 0 Å². The summed E-state index contributed by atoms with van der Waals surface area (Å²) in [5, 5.41) is 3.53. The summed E-state index contributed by atoms with van der Waals surface area (Å²) < 4.78 is 1.15. The minimum Gasteiger partial charge on any atom is -0.306 e. The third kappa shape index (κ3) is 3.43. The van der Waals surface area contributed by atoms with E-state index in [1.165, 1.54) is 22.3 Å². The van der Waals surface area contributed by atoms with Crippen molar-refractivity contribution in [2.24, 2.45) is 0 Å². The first-order valence-electron chi connectivity index (χ1n) is 6.52. The number of nitrogens with zero attached hydrogens (tertiary/aromatic N) is 1. The SMILES string of the molecule is CCNC(c1cncc(C)c1)c1ccc(C)c(Br)c1. The number of halogens is 1. The van der Waals surface area contributed by atoms with Crippen molar-refractivity contribution in [1.82, 2.24) is 10.3 Å². The van der Waals surface area contributed by atoms with Crippen molar-refractivity contribution in [3.05, 3.63) is 63.4 Å². The molecule has 19 heavy (non-hydrogen) atoms. The normalized spacial score (nSPS) is 12.4. The zero-order valence-electron chi connectivity index (χ0n) is 11.6. The Hall–Kier alpha value is -1.19. The molecule has 100 valence electrons. The van der Waals surface area contributed by atoms with Crippen molar-refractivity contribution in [3.8, 4) is 0 Å². The highest BCUT2D eigenvalue weighted by molar-refractivity contribution is 9.10. The van der Waals surface area contributed by atoms with Crippen LogP contribution in [0, 0.1) is 13.8 Å². The van der Waals surface area contributed by atoms with Gasteiger partial charge in [-0.05, 0) is 48.7 Å². The third-order valence-corrected chi connectivity index (χ3v) is 4.02. The van der Waals surface area contributed by atoms with Gasteiger partial charge in [0.2, 0.25) is 0 Å². The fourth-order valence-electron chi connectivity index (χ4n) is 2.16. The van der Waals surface area contributed by atoms with Gasteiger partial charge in [0.25, 0.3) is 0 Å². The van der Waals surface area contributed by atoms with Crippen LogP contribution in [0.5, 0.6) is 0 Å². The molecule has 0 fully saturated rings. The van der Waals surface area contributed by atoms with Gasteiger partial charge in [0.05, 0.1) is 6.04 Å². The molecule has 0 amide bonds. The van der Waals surface area contributed by atoms with Crippen LogP contribution in [0.3, 0.4) is 0 Å². The van der Waals surface area contributed by atoms with Gasteiger partial charge in [-0.3, -0.25) is 4.98 Å². The average molecular weight is 319 g/mol. The monoisotopic (exact) mass is 318 g/mol. The molecule has 2 nitrogen and oxygen atoms in total. The molecule has 1 aromatic carbocycles. The van der Waals surface area contributed by atoms with Gasteiger partial charge in [-0.2, -0.15) is 0 Å². The molecule has 0 saturated carbocycles. The first-order chi connectivity index (χ1) is 9.11. The van der Waals surface area contributed by atoms with Crippen LogP contribution in [0.4, 0.5) is 0 Å². The molecule has 1 aromatic heterocycles. The second-order valence-corrected chi connectivity index (χ2v) is 5.65. The summed E-state index contributed by atoms with van der Waals surface area (Å²) in [4.78, 5) is 4.30. The zero-order valence-corrected chi connectivity index (χ0v) is 13.2. The van der Waals surface area contributed by atoms with Crippen LogP contribution in [0.2, 0.25) is 0 Å². The third-order valence-electron chi connectivity index (χ3n) is 3.17. The lowest BCUT2D eigenvalue weighted by molar-refractivity contribution is 0.628. The molecular formula is C16H19BrN2. The maximum atomic E-state index is 4.30. The fraction of sp³-hybridized carbons (Fsp3) is 0.312. The largest absolute Gasteiger partial charge is 0.306 e. The Labute approximate surface area is 123 Å². The topological polar surface area (TPSA) is 24.9 Å². The maximum absolute atomic E-state index is 4.30. The van der Waals surface area contributed by atoms with Crippen molar-refractivity contribution >= 4 is 15.9 Å². The number of hydrogen-bond donors (Lipinski definition) is 1. The van der Waals surface area contributed by atoms with Gasteiger partial charge in [0.1, 0.15) is 0 Å². The highest BCUT2D eigenvalue weighted by Crippen LogP contribution is 2.26. The summed E-state index contributed by atoms with van der Waals surface area (Å²) in [5.41, 5.74) is 4.90. The first kappa shape index (κ1) is 14.2. The van der Waals surface area contributed by atoms with E-state index in [-0.39, 0.29) is 6.04 Å². The van der Waals surface area contributed by atoms with Crippen molar-refractivity contribution in [2.75, 3.05) is 6.54 Å². The van der Waals surface area contributed by atoms with Gasteiger partial charge < -0.3 is 5.32 Å². The summed E-state index contributed by atoms with van der Waals surface area (Å²) in [6.45, 7) is 7.22. The second kappa shape index (κ2) is 6.31. The Kier molecular flexibility index (Phi) is 4.72. The molecule has 0 bridgehead atoms. The molecule has 0 aliphatic rings. The average Bonchev–Trinajstić information content (AvgIpc) is 2.39. The lowest BCUT2D eigenvalue weighted by Gasteiger charge is -2.19. The van der Waals surface area contributed by atoms with Gasteiger partial charge in [-0.1, -0.05) is 41.1 Å². The maximum Gasteiger partial charge on any atom is 0.0592 e. The second-order valence-electron chi connectivity index (χ2n) is 4.79. The van der Waals surface area contributed by atoms with E-state index in [0.717, 1.165) is 11.0 Å². The van der Waals surface area contributed by atoms with E-state index < -0.39 is 0 Å². The summed E-state index contributed by atoms with van der Waals surface area (Å²) in [6, 6.07) is 8.89. The number of rotatable bonds is 4. The summed E-state index contributed by atoms with van der Waals surface area (Å²) in [6.07, 6.45) is 3.83. The summed E-state index contributed by atoms with van der Waals surface area (Å²) >= 11 is 3.61. The molecule has 2 rings (SSSR count). The van der Waals surface area contributed by atoms with E-state index in [1.54, 1.807) is 0 Å². The van der Waals surface area contributed by atoms with Gasteiger partial charge in [0.15, 0.2) is 0 Å². The molecule has 0 aliphatic heterocycles. The number of hydrogen-bond acceptors (Lipinski definition) is 2. The zero-order chi connectivity index (χ0) is 13.8.